The number of carbonyl (C=O) groups is 1. The average molecular weight is 314 g/mol. The molecule has 5 heteroatoms. The molecule has 1 amide bonds. The molecule has 0 saturated carbocycles. The second-order valence-electron chi connectivity index (χ2n) is 8.69. The van der Waals surface area contributed by atoms with Gasteiger partial charge in [-0.1, -0.05) is 20.8 Å². The van der Waals surface area contributed by atoms with E-state index in [2.05, 4.69) is 31.0 Å². The van der Waals surface area contributed by atoms with E-state index in [1.165, 1.54) is 0 Å². The minimum absolute atomic E-state index is 0.0856. The molecular weight excluding hydrogens is 280 g/mol. The molecule has 1 aliphatic rings. The highest BCUT2D eigenvalue weighted by Gasteiger charge is 2.31. The lowest BCUT2D eigenvalue weighted by atomic mass is 9.80. The van der Waals surface area contributed by atoms with E-state index >= 15 is 0 Å². The van der Waals surface area contributed by atoms with Crippen molar-refractivity contribution >= 4 is 6.09 Å². The maximum absolute atomic E-state index is 12.0. The Morgan fingerprint density at radius 1 is 1.23 bits per heavy atom. The van der Waals surface area contributed by atoms with Crippen LogP contribution >= 0.6 is 0 Å². The van der Waals surface area contributed by atoms with Gasteiger partial charge < -0.3 is 15.2 Å². The molecule has 0 aromatic heterocycles. The smallest absolute Gasteiger partial charge is 0.407 e. The fourth-order valence-corrected chi connectivity index (χ4v) is 3.22. The molecule has 2 N–H and O–H groups in total. The van der Waals surface area contributed by atoms with Gasteiger partial charge in [-0.15, -0.1) is 0 Å². The van der Waals surface area contributed by atoms with Crippen molar-refractivity contribution < 1.29 is 14.6 Å². The number of β-amino-alcohol motifs (C(OH)–C–C–N with tert-alkyl or cyclic N) is 1. The van der Waals surface area contributed by atoms with Crippen LogP contribution in [-0.2, 0) is 4.74 Å². The van der Waals surface area contributed by atoms with E-state index in [1.807, 2.05) is 20.8 Å². The highest BCUT2D eigenvalue weighted by molar-refractivity contribution is 5.68. The summed E-state index contributed by atoms with van der Waals surface area (Å²) >= 11 is 0. The Balaban J connectivity index is 2.62. The fraction of sp³-hybridized carbons (Fsp3) is 0.941. The number of nitrogens with zero attached hydrogens (tertiary/aromatic N) is 1. The predicted molar refractivity (Wildman–Crippen MR) is 88.9 cm³/mol. The maximum Gasteiger partial charge on any atom is 0.407 e. The van der Waals surface area contributed by atoms with Gasteiger partial charge in [-0.3, -0.25) is 4.90 Å². The SMILES string of the molecule is CC(C)(C)CC1CC(NC(=O)OC(C)(C)C)CN(CCO)C1. The van der Waals surface area contributed by atoms with Crippen LogP contribution in [0.1, 0.15) is 54.4 Å². The van der Waals surface area contributed by atoms with Gasteiger partial charge in [-0.2, -0.15) is 0 Å². The summed E-state index contributed by atoms with van der Waals surface area (Å²) in [4.78, 5) is 14.2. The number of likely N-dealkylation sites (tertiary alicyclic amines) is 1. The molecule has 0 spiro atoms. The summed E-state index contributed by atoms with van der Waals surface area (Å²) in [5.74, 6) is 0.528. The Bertz CT molecular complexity index is 358. The predicted octanol–water partition coefficient (Wildman–Crippen LogP) is 2.63. The van der Waals surface area contributed by atoms with Gasteiger partial charge in [0.1, 0.15) is 5.60 Å². The summed E-state index contributed by atoms with van der Waals surface area (Å²) in [6.07, 6.45) is 1.73. The van der Waals surface area contributed by atoms with E-state index in [-0.39, 0.29) is 24.2 Å². The van der Waals surface area contributed by atoms with Crippen molar-refractivity contribution in [1.29, 1.82) is 0 Å². The molecule has 2 atom stereocenters. The van der Waals surface area contributed by atoms with Gasteiger partial charge in [0.25, 0.3) is 0 Å². The first-order valence-electron chi connectivity index (χ1n) is 8.31. The van der Waals surface area contributed by atoms with Crippen LogP contribution in [0.4, 0.5) is 4.79 Å². The van der Waals surface area contributed by atoms with Crippen molar-refractivity contribution in [3.8, 4) is 0 Å². The van der Waals surface area contributed by atoms with Crippen molar-refractivity contribution in [2.75, 3.05) is 26.2 Å². The van der Waals surface area contributed by atoms with Crippen molar-refractivity contribution in [1.82, 2.24) is 10.2 Å². The van der Waals surface area contributed by atoms with Gasteiger partial charge >= 0.3 is 6.09 Å². The number of amides is 1. The number of carbonyl (C=O) groups excluding carboxylic acids is 1. The van der Waals surface area contributed by atoms with Crippen LogP contribution in [0.2, 0.25) is 0 Å². The fourth-order valence-electron chi connectivity index (χ4n) is 3.22. The van der Waals surface area contributed by atoms with Gasteiger partial charge in [0.2, 0.25) is 0 Å². The van der Waals surface area contributed by atoms with Crippen LogP contribution in [0, 0.1) is 11.3 Å². The molecule has 1 aliphatic heterocycles. The highest BCUT2D eigenvalue weighted by atomic mass is 16.6. The van der Waals surface area contributed by atoms with E-state index in [0.717, 1.165) is 25.9 Å². The van der Waals surface area contributed by atoms with Crippen molar-refractivity contribution in [2.45, 2.75) is 66.0 Å². The van der Waals surface area contributed by atoms with Crippen LogP contribution in [0.25, 0.3) is 0 Å². The van der Waals surface area contributed by atoms with Crippen LogP contribution in [0.3, 0.4) is 0 Å². The molecule has 0 bridgehead atoms. The van der Waals surface area contributed by atoms with Crippen molar-refractivity contribution in [2.24, 2.45) is 11.3 Å². The lowest BCUT2D eigenvalue weighted by Gasteiger charge is -2.40. The number of nitrogens with one attached hydrogen (secondary N) is 1. The Hall–Kier alpha value is -0.810. The third kappa shape index (κ3) is 7.99. The zero-order valence-electron chi connectivity index (χ0n) is 15.1. The number of hydrogen-bond acceptors (Lipinski definition) is 4. The maximum atomic E-state index is 12.0. The van der Waals surface area contributed by atoms with E-state index in [4.69, 9.17) is 4.74 Å². The minimum Gasteiger partial charge on any atom is -0.444 e. The second-order valence-corrected chi connectivity index (χ2v) is 8.69. The molecule has 22 heavy (non-hydrogen) atoms. The Kier molecular flexibility index (Phi) is 6.68. The number of rotatable bonds is 4. The normalized spacial score (nSPS) is 24.1. The largest absolute Gasteiger partial charge is 0.444 e. The molecule has 2 unspecified atom stereocenters. The summed E-state index contributed by atoms with van der Waals surface area (Å²) in [5, 5.41) is 12.2. The van der Waals surface area contributed by atoms with Gasteiger partial charge in [0.15, 0.2) is 0 Å². The van der Waals surface area contributed by atoms with Crippen molar-refractivity contribution in [3.63, 3.8) is 0 Å². The van der Waals surface area contributed by atoms with E-state index in [9.17, 15) is 9.90 Å². The Morgan fingerprint density at radius 3 is 2.36 bits per heavy atom. The summed E-state index contributed by atoms with van der Waals surface area (Å²) in [6.45, 7) is 14.9. The minimum atomic E-state index is -0.478. The molecule has 1 rings (SSSR count). The van der Waals surface area contributed by atoms with Gasteiger partial charge in [-0.25, -0.2) is 4.79 Å². The zero-order valence-corrected chi connectivity index (χ0v) is 15.1. The Labute approximate surface area is 135 Å². The highest BCUT2D eigenvalue weighted by Crippen LogP contribution is 2.30. The molecule has 0 aromatic carbocycles. The molecule has 130 valence electrons. The summed E-state index contributed by atoms with van der Waals surface area (Å²) in [7, 11) is 0. The van der Waals surface area contributed by atoms with Crippen LogP contribution in [0.5, 0.6) is 0 Å². The number of ether oxygens (including phenoxy) is 1. The van der Waals surface area contributed by atoms with Crippen molar-refractivity contribution in [3.05, 3.63) is 0 Å². The summed E-state index contributed by atoms with van der Waals surface area (Å²) < 4.78 is 5.35. The number of aliphatic hydroxyl groups excluding tert-OH is 1. The van der Waals surface area contributed by atoms with Gasteiger partial charge in [0, 0.05) is 25.7 Å². The summed E-state index contributed by atoms with van der Waals surface area (Å²) in [6, 6.07) is 0.0856. The number of piperidine rings is 1. The first-order chi connectivity index (χ1) is 9.98. The van der Waals surface area contributed by atoms with Crippen LogP contribution in [0.15, 0.2) is 0 Å². The molecular formula is C17H34N2O3. The molecule has 1 saturated heterocycles. The Morgan fingerprint density at radius 2 is 1.86 bits per heavy atom. The molecule has 1 fully saturated rings. The zero-order chi connectivity index (χ0) is 17.0. The number of hydrogen-bond donors (Lipinski definition) is 2. The lowest BCUT2D eigenvalue weighted by Crippen LogP contribution is -2.52. The molecule has 5 nitrogen and oxygen atoms in total. The second kappa shape index (κ2) is 7.64. The average Bonchev–Trinajstić information content (AvgIpc) is 2.22. The first kappa shape index (κ1) is 19.2. The molecule has 0 radical (unpaired) electrons. The first-order valence-corrected chi connectivity index (χ1v) is 8.31. The topological polar surface area (TPSA) is 61.8 Å². The van der Waals surface area contributed by atoms with Gasteiger partial charge in [-0.05, 0) is 44.9 Å². The van der Waals surface area contributed by atoms with Crippen LogP contribution in [-0.4, -0.2) is 54.0 Å². The molecule has 0 aliphatic carbocycles. The number of aliphatic hydroxyl groups is 1. The third-order valence-corrected chi connectivity index (χ3v) is 3.65. The van der Waals surface area contributed by atoms with Gasteiger partial charge in [0.05, 0.1) is 6.61 Å². The van der Waals surface area contributed by atoms with E-state index in [0.29, 0.717) is 12.5 Å². The lowest BCUT2D eigenvalue weighted by molar-refractivity contribution is 0.0421. The van der Waals surface area contributed by atoms with Crippen LogP contribution < -0.4 is 5.32 Å². The van der Waals surface area contributed by atoms with E-state index < -0.39 is 5.60 Å². The molecule has 0 aromatic rings. The molecule has 1 heterocycles. The number of alkyl carbamates (subject to hydrolysis) is 1. The standard InChI is InChI=1S/C17H34N2O3/c1-16(2,3)10-13-9-14(12-19(11-13)7-8-20)18-15(21)22-17(4,5)6/h13-14,20H,7-12H2,1-6H3,(H,18,21). The quantitative estimate of drug-likeness (QED) is 0.837. The summed E-state index contributed by atoms with van der Waals surface area (Å²) in [5.41, 5.74) is -0.211. The van der Waals surface area contributed by atoms with E-state index in [1.54, 1.807) is 0 Å². The third-order valence-electron chi connectivity index (χ3n) is 3.65. The monoisotopic (exact) mass is 314 g/mol.